The average molecular weight is 257 g/mol. The molecule has 1 aliphatic heterocycles. The van der Waals surface area contributed by atoms with Crippen molar-refractivity contribution in [3.8, 4) is 0 Å². The molecule has 0 fully saturated rings. The van der Waals surface area contributed by atoms with Crippen LogP contribution in [-0.4, -0.2) is 16.0 Å². The number of amides is 1. The van der Waals surface area contributed by atoms with Crippen molar-refractivity contribution in [3.63, 3.8) is 0 Å². The number of anilines is 1. The van der Waals surface area contributed by atoms with E-state index in [1.165, 1.54) is 0 Å². The minimum Gasteiger partial charge on any atom is -0.388 e. The largest absolute Gasteiger partial charge is 0.388 e. The number of fused-ring (bicyclic) bond motifs is 1. The number of pyridine rings is 1. The Morgan fingerprint density at radius 1 is 1.64 bits per heavy atom. The summed E-state index contributed by atoms with van der Waals surface area (Å²) >= 11 is 3.27. The molecular formula is C9H9BrN2O2. The third kappa shape index (κ3) is 1.78. The highest BCUT2D eigenvalue weighted by atomic mass is 79.9. The lowest BCUT2D eigenvalue weighted by atomic mass is 10.1. The van der Waals surface area contributed by atoms with Crippen LogP contribution in [0.5, 0.6) is 0 Å². The fourth-order valence-corrected chi connectivity index (χ4v) is 1.78. The van der Waals surface area contributed by atoms with Gasteiger partial charge in [-0.2, -0.15) is 0 Å². The van der Waals surface area contributed by atoms with Gasteiger partial charge in [-0.3, -0.25) is 4.79 Å². The molecular weight excluding hydrogens is 248 g/mol. The second kappa shape index (κ2) is 3.67. The highest BCUT2D eigenvalue weighted by Gasteiger charge is 2.21. The van der Waals surface area contributed by atoms with Gasteiger partial charge in [-0.15, -0.1) is 0 Å². The van der Waals surface area contributed by atoms with E-state index in [-0.39, 0.29) is 5.91 Å². The summed E-state index contributed by atoms with van der Waals surface area (Å²) in [6.45, 7) is 0. The molecule has 1 amide bonds. The van der Waals surface area contributed by atoms with Crippen LogP contribution in [0.4, 0.5) is 5.82 Å². The van der Waals surface area contributed by atoms with E-state index in [4.69, 9.17) is 0 Å². The number of rotatable bonds is 0. The maximum Gasteiger partial charge on any atom is 0.225 e. The summed E-state index contributed by atoms with van der Waals surface area (Å²) in [7, 11) is 0. The molecule has 0 bridgehead atoms. The smallest absolute Gasteiger partial charge is 0.225 e. The Morgan fingerprint density at radius 3 is 3.21 bits per heavy atom. The molecule has 74 valence electrons. The number of hydrogen-bond donors (Lipinski definition) is 2. The Hall–Kier alpha value is -0.940. The fourth-order valence-electron chi connectivity index (χ4n) is 1.43. The van der Waals surface area contributed by atoms with Gasteiger partial charge in [0.05, 0.1) is 6.10 Å². The van der Waals surface area contributed by atoms with Crippen molar-refractivity contribution in [2.24, 2.45) is 0 Å². The molecule has 1 atom stereocenters. The van der Waals surface area contributed by atoms with Gasteiger partial charge < -0.3 is 10.4 Å². The monoisotopic (exact) mass is 256 g/mol. The molecule has 1 aliphatic rings. The highest BCUT2D eigenvalue weighted by molar-refractivity contribution is 9.10. The molecule has 2 heterocycles. The van der Waals surface area contributed by atoms with Crippen LogP contribution in [0.2, 0.25) is 0 Å². The molecule has 0 saturated heterocycles. The highest BCUT2D eigenvalue weighted by Crippen LogP contribution is 2.29. The van der Waals surface area contributed by atoms with E-state index >= 15 is 0 Å². The van der Waals surface area contributed by atoms with Gasteiger partial charge in [-0.1, -0.05) is 0 Å². The number of nitrogens with one attached hydrogen (secondary N) is 1. The van der Waals surface area contributed by atoms with Gasteiger partial charge in [-0.25, -0.2) is 4.98 Å². The normalized spacial score (nSPS) is 21.0. The lowest BCUT2D eigenvalue weighted by molar-refractivity contribution is -0.116. The van der Waals surface area contributed by atoms with Crippen LogP contribution in [0.1, 0.15) is 24.5 Å². The van der Waals surface area contributed by atoms with E-state index in [0.717, 1.165) is 4.47 Å². The zero-order chi connectivity index (χ0) is 10.1. The molecule has 0 spiro atoms. The van der Waals surface area contributed by atoms with Crippen LogP contribution in [0.25, 0.3) is 0 Å². The van der Waals surface area contributed by atoms with Crippen molar-refractivity contribution in [1.82, 2.24) is 4.98 Å². The number of aliphatic hydroxyl groups is 1. The molecule has 1 aromatic rings. The third-order valence-corrected chi connectivity index (χ3v) is 2.58. The van der Waals surface area contributed by atoms with Crippen LogP contribution >= 0.6 is 15.9 Å². The van der Waals surface area contributed by atoms with Crippen molar-refractivity contribution < 1.29 is 9.90 Å². The van der Waals surface area contributed by atoms with Crippen molar-refractivity contribution in [3.05, 3.63) is 22.3 Å². The molecule has 4 nitrogen and oxygen atoms in total. The van der Waals surface area contributed by atoms with Gasteiger partial charge in [0, 0.05) is 22.7 Å². The quantitative estimate of drug-likeness (QED) is 0.742. The SMILES string of the molecule is O=C1CC[C@@H](O)c2cc(Br)cnc2N1. The van der Waals surface area contributed by atoms with Crippen molar-refractivity contribution in [2.75, 3.05) is 5.32 Å². The summed E-state index contributed by atoms with van der Waals surface area (Å²) in [5.41, 5.74) is 0.672. The minimum absolute atomic E-state index is 0.0994. The summed E-state index contributed by atoms with van der Waals surface area (Å²) in [4.78, 5) is 15.2. The van der Waals surface area contributed by atoms with Crippen LogP contribution in [-0.2, 0) is 4.79 Å². The number of hydrogen-bond acceptors (Lipinski definition) is 3. The number of carbonyl (C=O) groups is 1. The van der Waals surface area contributed by atoms with Crippen LogP contribution in [0, 0.1) is 0 Å². The molecule has 0 aliphatic carbocycles. The van der Waals surface area contributed by atoms with Crippen molar-refractivity contribution in [1.29, 1.82) is 0 Å². The van der Waals surface area contributed by atoms with Crippen LogP contribution < -0.4 is 5.32 Å². The standard InChI is InChI=1S/C9H9BrN2O2/c10-5-3-6-7(13)1-2-8(14)12-9(6)11-4-5/h3-4,7,13H,1-2H2,(H,11,12,14)/t7-/m1/s1. The van der Waals surface area contributed by atoms with Gasteiger partial charge in [0.1, 0.15) is 5.82 Å². The summed E-state index contributed by atoms with van der Waals surface area (Å²) in [5, 5.41) is 12.4. The molecule has 2 rings (SSSR count). The predicted molar refractivity (Wildman–Crippen MR) is 54.8 cm³/mol. The zero-order valence-electron chi connectivity index (χ0n) is 7.33. The maximum atomic E-state index is 11.2. The molecule has 14 heavy (non-hydrogen) atoms. The van der Waals surface area contributed by atoms with Gasteiger partial charge in [0.2, 0.25) is 5.91 Å². The predicted octanol–water partition coefficient (Wildman–Crippen LogP) is 1.61. The first-order valence-electron chi connectivity index (χ1n) is 4.30. The Bertz CT molecular complexity index is 381. The number of nitrogens with zero attached hydrogens (tertiary/aromatic N) is 1. The van der Waals surface area contributed by atoms with Gasteiger partial charge in [0.15, 0.2) is 0 Å². The maximum absolute atomic E-state index is 11.2. The first-order valence-corrected chi connectivity index (χ1v) is 5.09. The summed E-state index contributed by atoms with van der Waals surface area (Å²) in [6.07, 6.45) is 1.75. The Balaban J connectivity index is 2.46. The zero-order valence-corrected chi connectivity index (χ0v) is 8.91. The molecule has 0 radical (unpaired) electrons. The van der Waals surface area contributed by atoms with E-state index in [0.29, 0.717) is 24.2 Å². The Morgan fingerprint density at radius 2 is 2.43 bits per heavy atom. The third-order valence-electron chi connectivity index (χ3n) is 2.15. The number of aromatic nitrogens is 1. The van der Waals surface area contributed by atoms with E-state index in [1.807, 2.05) is 0 Å². The fraction of sp³-hybridized carbons (Fsp3) is 0.333. The van der Waals surface area contributed by atoms with E-state index < -0.39 is 6.10 Å². The first kappa shape index (κ1) is 9.61. The number of halogens is 1. The van der Waals surface area contributed by atoms with Gasteiger partial charge in [-0.05, 0) is 28.4 Å². The molecule has 0 aromatic carbocycles. The Kier molecular flexibility index (Phi) is 2.52. The molecule has 0 unspecified atom stereocenters. The summed E-state index contributed by atoms with van der Waals surface area (Å²) in [6, 6.07) is 1.78. The van der Waals surface area contributed by atoms with Crippen molar-refractivity contribution in [2.45, 2.75) is 18.9 Å². The van der Waals surface area contributed by atoms with E-state index in [2.05, 4.69) is 26.2 Å². The van der Waals surface area contributed by atoms with E-state index in [1.54, 1.807) is 12.3 Å². The molecule has 2 N–H and O–H groups in total. The first-order chi connectivity index (χ1) is 6.66. The number of aliphatic hydroxyl groups excluding tert-OH is 1. The number of carbonyl (C=O) groups excluding carboxylic acids is 1. The topological polar surface area (TPSA) is 62.2 Å². The van der Waals surface area contributed by atoms with E-state index in [9.17, 15) is 9.90 Å². The molecule has 5 heteroatoms. The van der Waals surface area contributed by atoms with Gasteiger partial charge in [0.25, 0.3) is 0 Å². The second-order valence-corrected chi connectivity index (χ2v) is 4.11. The average Bonchev–Trinajstić information content (AvgIpc) is 2.29. The summed E-state index contributed by atoms with van der Waals surface area (Å²) in [5.74, 6) is 0.362. The van der Waals surface area contributed by atoms with Crippen LogP contribution in [0.15, 0.2) is 16.7 Å². The second-order valence-electron chi connectivity index (χ2n) is 3.19. The van der Waals surface area contributed by atoms with Crippen LogP contribution in [0.3, 0.4) is 0 Å². The molecule has 1 aromatic heterocycles. The lowest BCUT2D eigenvalue weighted by Crippen LogP contribution is -2.10. The molecule has 0 saturated carbocycles. The van der Waals surface area contributed by atoms with Crippen molar-refractivity contribution >= 4 is 27.7 Å². The van der Waals surface area contributed by atoms with Gasteiger partial charge >= 0.3 is 0 Å². The summed E-state index contributed by atoms with van der Waals surface area (Å²) < 4.78 is 0.798. The minimum atomic E-state index is -0.617. The lowest BCUT2D eigenvalue weighted by Gasteiger charge is -2.09. The Labute approximate surface area is 89.5 Å².